The zero-order valence-electron chi connectivity index (χ0n) is 10.5. The van der Waals surface area contributed by atoms with Gasteiger partial charge in [-0.3, -0.25) is 19.6 Å². The van der Waals surface area contributed by atoms with Gasteiger partial charge in [0.05, 0.1) is 11.1 Å². The molecule has 0 radical (unpaired) electrons. The maximum absolute atomic E-state index is 11.8. The van der Waals surface area contributed by atoms with Crippen LogP contribution in [0.2, 0.25) is 0 Å². The van der Waals surface area contributed by atoms with Crippen LogP contribution < -0.4 is 5.56 Å². The third-order valence-corrected chi connectivity index (χ3v) is 2.82. The lowest BCUT2D eigenvalue weighted by atomic mass is 10.2. The average Bonchev–Trinajstić information content (AvgIpc) is 2.77. The fraction of sp³-hybridized carbons (Fsp3) is 0.333. The van der Waals surface area contributed by atoms with E-state index in [9.17, 15) is 14.9 Å². The Kier molecular flexibility index (Phi) is 3.74. The first-order valence-corrected chi connectivity index (χ1v) is 5.89. The summed E-state index contributed by atoms with van der Waals surface area (Å²) in [4.78, 5) is 21.8. The molecule has 2 aromatic heterocycles. The molecule has 2 rings (SSSR count). The molecule has 0 saturated heterocycles. The summed E-state index contributed by atoms with van der Waals surface area (Å²) in [6.07, 6.45) is 6.76. The lowest BCUT2D eigenvalue weighted by Gasteiger charge is -2.04. The quantitative estimate of drug-likeness (QED) is 0.597. The van der Waals surface area contributed by atoms with Crippen molar-refractivity contribution in [1.29, 1.82) is 0 Å². The zero-order valence-corrected chi connectivity index (χ0v) is 10.5. The van der Waals surface area contributed by atoms with E-state index >= 15 is 0 Å². The van der Waals surface area contributed by atoms with Crippen LogP contribution in [-0.2, 0) is 20.0 Å². The minimum Gasteiger partial charge on any atom is -0.310 e. The van der Waals surface area contributed by atoms with Gasteiger partial charge >= 0.3 is 11.2 Å². The molecule has 0 saturated carbocycles. The van der Waals surface area contributed by atoms with Crippen LogP contribution in [0.15, 0.2) is 35.5 Å². The largest absolute Gasteiger partial charge is 0.334 e. The Morgan fingerprint density at radius 2 is 2.26 bits per heavy atom. The van der Waals surface area contributed by atoms with Crippen molar-refractivity contribution in [2.75, 3.05) is 0 Å². The van der Waals surface area contributed by atoms with Crippen LogP contribution in [0.1, 0.15) is 12.0 Å². The Labute approximate surface area is 109 Å². The van der Waals surface area contributed by atoms with Crippen molar-refractivity contribution in [2.45, 2.75) is 19.4 Å². The van der Waals surface area contributed by atoms with Gasteiger partial charge in [0.1, 0.15) is 0 Å². The molecule has 0 fully saturated rings. The molecule has 0 aliphatic rings. The van der Waals surface area contributed by atoms with Crippen LogP contribution in [-0.4, -0.2) is 19.3 Å². The summed E-state index contributed by atoms with van der Waals surface area (Å²) in [5.41, 5.74) is 0.142. The number of aromatic nitrogens is 3. The normalized spacial score (nSPS) is 10.6. The molecule has 2 aromatic rings. The third-order valence-electron chi connectivity index (χ3n) is 2.82. The first-order chi connectivity index (χ1) is 9.08. The third kappa shape index (κ3) is 3.06. The first-order valence-electron chi connectivity index (χ1n) is 5.89. The van der Waals surface area contributed by atoms with Crippen molar-refractivity contribution >= 4 is 5.69 Å². The molecular weight excluding hydrogens is 248 g/mol. The van der Waals surface area contributed by atoms with Gasteiger partial charge in [0, 0.05) is 32.1 Å². The fourth-order valence-electron chi connectivity index (χ4n) is 1.89. The molecule has 0 N–H and O–H groups in total. The zero-order chi connectivity index (χ0) is 13.8. The molecule has 0 spiro atoms. The predicted octanol–water partition coefficient (Wildman–Crippen LogP) is 1.12. The van der Waals surface area contributed by atoms with Gasteiger partial charge in [-0.15, -0.1) is 0 Å². The number of aryl methyl sites for hydroxylation is 3. The standard InChI is InChI=1S/C12H14N4O3/c1-14-9-10(8-13-14)4-2-6-15-7-3-5-11(12(15)17)16(18)19/h3,5,7-9H,2,4,6H2,1H3. The Balaban J connectivity index is 2.02. The number of hydrogen-bond donors (Lipinski definition) is 0. The summed E-state index contributed by atoms with van der Waals surface area (Å²) >= 11 is 0. The van der Waals surface area contributed by atoms with Gasteiger partial charge in [-0.2, -0.15) is 5.10 Å². The monoisotopic (exact) mass is 262 g/mol. The van der Waals surface area contributed by atoms with E-state index in [4.69, 9.17) is 0 Å². The molecule has 0 aliphatic carbocycles. The summed E-state index contributed by atoms with van der Waals surface area (Å²) in [5.74, 6) is 0. The molecule has 0 atom stereocenters. The van der Waals surface area contributed by atoms with Crippen LogP contribution in [0.25, 0.3) is 0 Å². The number of pyridine rings is 1. The van der Waals surface area contributed by atoms with E-state index in [1.807, 2.05) is 13.2 Å². The molecule has 0 aromatic carbocycles. The minimum absolute atomic E-state index is 0.385. The van der Waals surface area contributed by atoms with Crippen LogP contribution >= 0.6 is 0 Å². The van der Waals surface area contributed by atoms with Gasteiger partial charge in [0.25, 0.3) is 0 Å². The number of nitrogens with zero attached hydrogens (tertiary/aromatic N) is 4. The van der Waals surface area contributed by atoms with Crippen LogP contribution in [0, 0.1) is 10.1 Å². The number of hydrogen-bond acceptors (Lipinski definition) is 4. The molecule has 0 aliphatic heterocycles. The lowest BCUT2D eigenvalue weighted by Crippen LogP contribution is -2.22. The maximum Gasteiger partial charge on any atom is 0.334 e. The molecule has 0 amide bonds. The SMILES string of the molecule is Cn1cc(CCCn2cccc([N+](=O)[O-])c2=O)cn1. The van der Waals surface area contributed by atoms with E-state index in [2.05, 4.69) is 5.10 Å². The fourth-order valence-corrected chi connectivity index (χ4v) is 1.89. The topological polar surface area (TPSA) is 83.0 Å². The van der Waals surface area contributed by atoms with E-state index in [0.29, 0.717) is 6.54 Å². The highest BCUT2D eigenvalue weighted by Crippen LogP contribution is 2.05. The van der Waals surface area contributed by atoms with Gasteiger partial charge in [0.2, 0.25) is 0 Å². The van der Waals surface area contributed by atoms with E-state index in [1.54, 1.807) is 17.1 Å². The van der Waals surface area contributed by atoms with Gasteiger partial charge in [-0.25, -0.2) is 0 Å². The highest BCUT2D eigenvalue weighted by atomic mass is 16.6. The first kappa shape index (κ1) is 13.0. The van der Waals surface area contributed by atoms with E-state index in [1.165, 1.54) is 16.7 Å². The van der Waals surface area contributed by atoms with Crippen LogP contribution in [0.5, 0.6) is 0 Å². The predicted molar refractivity (Wildman–Crippen MR) is 68.9 cm³/mol. The summed E-state index contributed by atoms with van der Waals surface area (Å²) in [6.45, 7) is 0.454. The second-order valence-electron chi connectivity index (χ2n) is 4.27. The van der Waals surface area contributed by atoms with Crippen molar-refractivity contribution in [3.8, 4) is 0 Å². The van der Waals surface area contributed by atoms with Crippen molar-refractivity contribution in [1.82, 2.24) is 14.3 Å². The Morgan fingerprint density at radius 1 is 1.47 bits per heavy atom. The van der Waals surface area contributed by atoms with Crippen LogP contribution in [0.3, 0.4) is 0 Å². The van der Waals surface area contributed by atoms with Gasteiger partial charge in [-0.1, -0.05) is 0 Å². The Bertz CT molecular complexity index is 644. The molecule has 19 heavy (non-hydrogen) atoms. The van der Waals surface area contributed by atoms with E-state index < -0.39 is 10.5 Å². The highest BCUT2D eigenvalue weighted by Gasteiger charge is 2.12. The van der Waals surface area contributed by atoms with Gasteiger partial charge in [0.15, 0.2) is 0 Å². The maximum atomic E-state index is 11.8. The molecule has 0 bridgehead atoms. The molecule has 7 heteroatoms. The summed E-state index contributed by atoms with van der Waals surface area (Å²) in [6, 6.07) is 2.74. The Hall–Kier alpha value is -2.44. The second kappa shape index (κ2) is 5.47. The minimum atomic E-state index is -0.653. The van der Waals surface area contributed by atoms with Crippen molar-refractivity contribution in [2.24, 2.45) is 7.05 Å². The highest BCUT2D eigenvalue weighted by molar-refractivity contribution is 5.25. The van der Waals surface area contributed by atoms with E-state index in [-0.39, 0.29) is 5.69 Å². The summed E-state index contributed by atoms with van der Waals surface area (Å²) < 4.78 is 3.09. The summed E-state index contributed by atoms with van der Waals surface area (Å²) in [7, 11) is 1.84. The second-order valence-corrected chi connectivity index (χ2v) is 4.27. The Morgan fingerprint density at radius 3 is 2.89 bits per heavy atom. The number of rotatable bonds is 5. The molecular formula is C12H14N4O3. The molecule has 100 valence electrons. The molecule has 0 unspecified atom stereocenters. The summed E-state index contributed by atoms with van der Waals surface area (Å²) in [5, 5.41) is 14.7. The van der Waals surface area contributed by atoms with E-state index in [0.717, 1.165) is 18.4 Å². The lowest BCUT2D eigenvalue weighted by molar-refractivity contribution is -0.386. The van der Waals surface area contributed by atoms with Crippen molar-refractivity contribution in [3.05, 3.63) is 56.8 Å². The van der Waals surface area contributed by atoms with Crippen LogP contribution in [0.4, 0.5) is 5.69 Å². The van der Waals surface area contributed by atoms with Gasteiger partial charge in [-0.05, 0) is 24.5 Å². The van der Waals surface area contributed by atoms with Crippen molar-refractivity contribution < 1.29 is 4.92 Å². The average molecular weight is 262 g/mol. The van der Waals surface area contributed by atoms with Gasteiger partial charge < -0.3 is 4.57 Å². The molecule has 7 nitrogen and oxygen atoms in total. The van der Waals surface area contributed by atoms with Crippen molar-refractivity contribution in [3.63, 3.8) is 0 Å². The number of nitro groups is 1. The smallest absolute Gasteiger partial charge is 0.310 e. The molecule has 2 heterocycles.